The summed E-state index contributed by atoms with van der Waals surface area (Å²) < 4.78 is 16.1. The van der Waals surface area contributed by atoms with Gasteiger partial charge in [-0.1, -0.05) is 0 Å². The van der Waals surface area contributed by atoms with E-state index in [1.165, 1.54) is 17.4 Å². The number of ether oxygens (including phenoxy) is 3. The molecule has 0 saturated carbocycles. The summed E-state index contributed by atoms with van der Waals surface area (Å²) in [5.41, 5.74) is 0.413. The Labute approximate surface area is 143 Å². The number of thiophene rings is 1. The fourth-order valence-electron chi connectivity index (χ4n) is 2.10. The van der Waals surface area contributed by atoms with E-state index >= 15 is 0 Å². The van der Waals surface area contributed by atoms with E-state index < -0.39 is 5.97 Å². The minimum Gasteiger partial charge on any atom is -0.496 e. The number of benzene rings is 1. The van der Waals surface area contributed by atoms with E-state index in [4.69, 9.17) is 24.6 Å². The smallest absolute Gasteiger partial charge is 0.346 e. The number of hydrogen-bond donors (Lipinski definition) is 1. The predicted molar refractivity (Wildman–Crippen MR) is 90.6 cm³/mol. The van der Waals surface area contributed by atoms with Crippen LogP contribution in [-0.2, 0) is 4.79 Å². The van der Waals surface area contributed by atoms with Crippen LogP contribution in [0.25, 0.3) is 16.5 Å². The Morgan fingerprint density at radius 2 is 1.79 bits per heavy atom. The monoisotopic (exact) mass is 345 g/mol. The number of aliphatic carboxylic acids is 1. The van der Waals surface area contributed by atoms with Crippen LogP contribution in [0.4, 0.5) is 0 Å². The summed E-state index contributed by atoms with van der Waals surface area (Å²) in [7, 11) is 4.64. The van der Waals surface area contributed by atoms with Crippen molar-refractivity contribution in [3.63, 3.8) is 0 Å². The number of carboxylic acid groups (broad SMARTS) is 1. The van der Waals surface area contributed by atoms with E-state index in [-0.39, 0.29) is 5.57 Å². The number of rotatable bonds is 6. The topological polar surface area (TPSA) is 88.8 Å². The summed E-state index contributed by atoms with van der Waals surface area (Å²) in [4.78, 5) is 12.4. The molecule has 1 aromatic heterocycles. The van der Waals surface area contributed by atoms with Gasteiger partial charge in [-0.25, -0.2) is 4.79 Å². The van der Waals surface area contributed by atoms with Crippen molar-refractivity contribution in [1.29, 1.82) is 5.26 Å². The van der Waals surface area contributed by atoms with Crippen LogP contribution in [0.15, 0.2) is 29.8 Å². The second kappa shape index (κ2) is 7.53. The Morgan fingerprint density at radius 3 is 2.25 bits per heavy atom. The number of carboxylic acids is 1. The minimum absolute atomic E-state index is 0.322. The number of nitrogens with zero attached hydrogens (tertiary/aromatic N) is 1. The van der Waals surface area contributed by atoms with Crippen LogP contribution in [0, 0.1) is 11.3 Å². The molecule has 2 rings (SSSR count). The largest absolute Gasteiger partial charge is 0.496 e. The van der Waals surface area contributed by atoms with Gasteiger partial charge in [0.05, 0.1) is 26.9 Å². The third-order valence-electron chi connectivity index (χ3n) is 3.23. The maximum absolute atomic E-state index is 10.9. The van der Waals surface area contributed by atoms with E-state index in [0.717, 1.165) is 10.4 Å². The molecule has 0 saturated heterocycles. The first-order valence-electron chi connectivity index (χ1n) is 6.79. The Balaban J connectivity index is 2.54. The lowest BCUT2D eigenvalue weighted by molar-refractivity contribution is -0.132. The molecule has 7 heteroatoms. The minimum atomic E-state index is -1.26. The van der Waals surface area contributed by atoms with Gasteiger partial charge in [-0.05, 0) is 18.2 Å². The first-order chi connectivity index (χ1) is 11.5. The fourth-order valence-corrected chi connectivity index (χ4v) is 3.10. The average Bonchev–Trinajstić information content (AvgIpc) is 3.06. The van der Waals surface area contributed by atoms with E-state index in [9.17, 15) is 4.79 Å². The van der Waals surface area contributed by atoms with Crippen LogP contribution in [0.3, 0.4) is 0 Å². The molecule has 0 radical (unpaired) electrons. The van der Waals surface area contributed by atoms with E-state index in [0.29, 0.717) is 22.1 Å². The number of nitriles is 1. The summed E-state index contributed by atoms with van der Waals surface area (Å²) in [6, 6.07) is 8.70. The maximum Gasteiger partial charge on any atom is 0.346 e. The van der Waals surface area contributed by atoms with Gasteiger partial charge in [0, 0.05) is 21.9 Å². The molecular formula is C17H15NO5S. The maximum atomic E-state index is 10.9. The molecule has 0 aliphatic rings. The molecule has 6 nitrogen and oxygen atoms in total. The van der Waals surface area contributed by atoms with Gasteiger partial charge in [0.1, 0.15) is 28.9 Å². The van der Waals surface area contributed by atoms with Crippen LogP contribution in [0.1, 0.15) is 4.88 Å². The van der Waals surface area contributed by atoms with Crippen molar-refractivity contribution in [2.24, 2.45) is 0 Å². The second-order valence-electron chi connectivity index (χ2n) is 4.58. The zero-order chi connectivity index (χ0) is 17.7. The third-order valence-corrected chi connectivity index (χ3v) is 4.28. The fraction of sp³-hybridized carbons (Fsp3) is 0.176. The summed E-state index contributed by atoms with van der Waals surface area (Å²) >= 11 is 1.33. The average molecular weight is 345 g/mol. The molecule has 2 aromatic rings. The molecule has 0 aliphatic heterocycles. The first-order valence-corrected chi connectivity index (χ1v) is 7.61. The van der Waals surface area contributed by atoms with E-state index in [1.807, 2.05) is 6.07 Å². The lowest BCUT2D eigenvalue weighted by Gasteiger charge is -2.13. The molecular weight excluding hydrogens is 330 g/mol. The van der Waals surface area contributed by atoms with Gasteiger partial charge in [0.25, 0.3) is 0 Å². The number of hydrogen-bond acceptors (Lipinski definition) is 6. The van der Waals surface area contributed by atoms with Gasteiger partial charge >= 0.3 is 5.97 Å². The Hall–Kier alpha value is -2.98. The predicted octanol–water partition coefficient (Wildman–Crippen LogP) is 3.43. The number of carbonyl (C=O) groups is 1. The highest BCUT2D eigenvalue weighted by molar-refractivity contribution is 7.16. The third kappa shape index (κ3) is 3.50. The standard InChI is InChI=1S/C17H15NO5S/c1-21-11-7-13(22-2)16(14(8-11)23-3)15-5-4-12(24-15)6-10(9-18)17(19)20/h4-8H,1-3H3,(H,19,20)/b10-6+. The molecule has 0 unspecified atom stereocenters. The van der Waals surface area contributed by atoms with Gasteiger partial charge in [-0.3, -0.25) is 0 Å². The van der Waals surface area contributed by atoms with Crippen LogP contribution in [0.5, 0.6) is 17.2 Å². The molecule has 0 bridgehead atoms. The van der Waals surface area contributed by atoms with Crippen molar-refractivity contribution in [3.8, 4) is 33.8 Å². The zero-order valence-corrected chi connectivity index (χ0v) is 14.1. The molecule has 0 aliphatic carbocycles. The van der Waals surface area contributed by atoms with E-state index in [2.05, 4.69) is 0 Å². The van der Waals surface area contributed by atoms with Crippen molar-refractivity contribution in [1.82, 2.24) is 0 Å². The van der Waals surface area contributed by atoms with E-state index in [1.54, 1.807) is 45.6 Å². The molecule has 0 spiro atoms. The molecule has 0 fully saturated rings. The van der Waals surface area contributed by atoms with Crippen LogP contribution < -0.4 is 14.2 Å². The van der Waals surface area contributed by atoms with Crippen molar-refractivity contribution >= 4 is 23.4 Å². The highest BCUT2D eigenvalue weighted by Crippen LogP contribution is 2.44. The van der Waals surface area contributed by atoms with Gasteiger partial charge < -0.3 is 19.3 Å². The lowest BCUT2D eigenvalue weighted by atomic mass is 10.1. The molecule has 0 atom stereocenters. The summed E-state index contributed by atoms with van der Waals surface area (Å²) in [5.74, 6) is 0.485. The summed E-state index contributed by atoms with van der Waals surface area (Å²) in [5, 5.41) is 17.8. The van der Waals surface area contributed by atoms with Crippen LogP contribution in [-0.4, -0.2) is 32.4 Å². The zero-order valence-electron chi connectivity index (χ0n) is 13.3. The molecule has 1 N–H and O–H groups in total. The summed E-state index contributed by atoms with van der Waals surface area (Å²) in [6.07, 6.45) is 1.33. The molecule has 1 heterocycles. The number of methoxy groups -OCH3 is 3. The van der Waals surface area contributed by atoms with Gasteiger partial charge in [-0.2, -0.15) is 5.26 Å². The van der Waals surface area contributed by atoms with Gasteiger partial charge in [0.15, 0.2) is 0 Å². The van der Waals surface area contributed by atoms with Crippen LogP contribution >= 0.6 is 11.3 Å². The molecule has 124 valence electrons. The second-order valence-corrected chi connectivity index (χ2v) is 5.70. The van der Waals surface area contributed by atoms with Crippen LogP contribution in [0.2, 0.25) is 0 Å². The lowest BCUT2D eigenvalue weighted by Crippen LogP contribution is -1.96. The highest BCUT2D eigenvalue weighted by Gasteiger charge is 2.17. The SMILES string of the molecule is COc1cc(OC)c(-c2ccc(/C=C(\C#N)C(=O)O)s2)c(OC)c1. The molecule has 24 heavy (non-hydrogen) atoms. The molecule has 1 aromatic carbocycles. The summed E-state index contributed by atoms with van der Waals surface area (Å²) in [6.45, 7) is 0. The molecule has 0 amide bonds. The van der Waals surface area contributed by atoms with Crippen molar-refractivity contribution in [2.45, 2.75) is 0 Å². The highest BCUT2D eigenvalue weighted by atomic mass is 32.1. The van der Waals surface area contributed by atoms with Crippen molar-refractivity contribution in [2.75, 3.05) is 21.3 Å². The van der Waals surface area contributed by atoms with Gasteiger partial charge in [-0.15, -0.1) is 11.3 Å². The normalized spacial score (nSPS) is 10.8. The van der Waals surface area contributed by atoms with Crippen molar-refractivity contribution in [3.05, 3.63) is 34.7 Å². The Morgan fingerprint density at radius 1 is 1.17 bits per heavy atom. The first kappa shape index (κ1) is 17.4. The Kier molecular flexibility index (Phi) is 5.45. The quantitative estimate of drug-likeness (QED) is 0.637. The van der Waals surface area contributed by atoms with Gasteiger partial charge in [0.2, 0.25) is 0 Å². The van der Waals surface area contributed by atoms with Crippen molar-refractivity contribution < 1.29 is 24.1 Å². The Bertz CT molecular complexity index is 807.